The van der Waals surface area contributed by atoms with Gasteiger partial charge in [0.15, 0.2) is 0 Å². The molecule has 2 aliphatic heterocycles. The molecule has 5 rings (SSSR count). The number of thioether (sulfide) groups is 1. The van der Waals surface area contributed by atoms with E-state index in [0.717, 1.165) is 32.5 Å². The smallest absolute Gasteiger partial charge is 0.410 e. The molecule has 1 amide bonds. The number of halogens is 2. The molecule has 1 aromatic carbocycles. The zero-order chi connectivity index (χ0) is 22.8. The zero-order valence-electron chi connectivity index (χ0n) is 18.3. The van der Waals surface area contributed by atoms with Crippen molar-refractivity contribution in [1.29, 1.82) is 0 Å². The summed E-state index contributed by atoms with van der Waals surface area (Å²) < 4.78 is 30.6. The molecule has 3 fully saturated rings. The van der Waals surface area contributed by atoms with Crippen LogP contribution >= 0.6 is 11.8 Å². The Kier molecular flexibility index (Phi) is 6.38. The van der Waals surface area contributed by atoms with Gasteiger partial charge < -0.3 is 14.5 Å². The van der Waals surface area contributed by atoms with Crippen LogP contribution in [0.3, 0.4) is 0 Å². The topological polar surface area (TPSA) is 61.8 Å². The summed E-state index contributed by atoms with van der Waals surface area (Å²) in [4.78, 5) is 27.4. The van der Waals surface area contributed by atoms with Gasteiger partial charge in [-0.05, 0) is 18.4 Å². The van der Waals surface area contributed by atoms with Crippen LogP contribution in [-0.4, -0.2) is 77.0 Å². The van der Waals surface area contributed by atoms with Gasteiger partial charge in [0, 0.05) is 68.5 Å². The molecule has 2 saturated heterocycles. The van der Waals surface area contributed by atoms with E-state index in [1.807, 2.05) is 11.0 Å². The van der Waals surface area contributed by atoms with Crippen molar-refractivity contribution in [2.24, 2.45) is 5.41 Å². The van der Waals surface area contributed by atoms with Crippen LogP contribution in [0, 0.1) is 5.41 Å². The zero-order valence-corrected chi connectivity index (χ0v) is 19.1. The van der Waals surface area contributed by atoms with Crippen molar-refractivity contribution < 1.29 is 18.3 Å². The van der Waals surface area contributed by atoms with E-state index < -0.39 is 5.76 Å². The highest BCUT2D eigenvalue weighted by atomic mass is 32.2. The Morgan fingerprint density at radius 1 is 1.09 bits per heavy atom. The highest BCUT2D eigenvalue weighted by molar-refractivity contribution is 7.99. The minimum atomic E-state index is -2.49. The lowest BCUT2D eigenvalue weighted by molar-refractivity contribution is -0.136. The molecule has 0 unspecified atom stereocenters. The maximum Gasteiger partial charge on any atom is 0.410 e. The van der Waals surface area contributed by atoms with Crippen molar-refractivity contribution in [3.63, 3.8) is 0 Å². The first-order valence-corrected chi connectivity index (χ1v) is 12.1. The van der Waals surface area contributed by atoms with E-state index in [0.29, 0.717) is 54.2 Å². The van der Waals surface area contributed by atoms with E-state index in [1.54, 1.807) is 4.90 Å². The molecular weight excluding hydrogens is 448 g/mol. The summed E-state index contributed by atoms with van der Waals surface area (Å²) in [6, 6.07) is 10.5. The first-order valence-electron chi connectivity index (χ1n) is 11.2. The van der Waals surface area contributed by atoms with Gasteiger partial charge in [-0.3, -0.25) is 4.90 Å². The highest BCUT2D eigenvalue weighted by Gasteiger charge is 2.53. The second kappa shape index (κ2) is 9.42. The molecule has 0 atom stereocenters. The maximum absolute atomic E-state index is 12.6. The standard InChI is InChI=1S/C23H27F2N5O2S/c24-20(25)33-19-12-26-21(27-13-19)29-6-8-30(9-7-29)22(31)32-18-10-23(11-18)15-28(16-23)14-17-4-2-1-3-5-17/h1-5,12-13,18,20H,6-11,14-16H2. The third-order valence-electron chi connectivity index (χ3n) is 6.62. The molecule has 1 saturated carbocycles. The Morgan fingerprint density at radius 2 is 1.76 bits per heavy atom. The summed E-state index contributed by atoms with van der Waals surface area (Å²) in [7, 11) is 0. The molecule has 10 heteroatoms. The van der Waals surface area contributed by atoms with Gasteiger partial charge in [0.25, 0.3) is 5.76 Å². The van der Waals surface area contributed by atoms with Crippen LogP contribution in [0.1, 0.15) is 18.4 Å². The van der Waals surface area contributed by atoms with Gasteiger partial charge in [-0.25, -0.2) is 14.8 Å². The van der Waals surface area contributed by atoms with E-state index in [-0.39, 0.29) is 12.2 Å². The second-order valence-corrected chi connectivity index (χ2v) is 10.2. The lowest BCUT2D eigenvalue weighted by Gasteiger charge is -2.58. The molecule has 3 aliphatic rings. The summed E-state index contributed by atoms with van der Waals surface area (Å²) in [6.07, 6.45) is 4.47. The Morgan fingerprint density at radius 3 is 2.39 bits per heavy atom. The molecule has 33 heavy (non-hydrogen) atoms. The van der Waals surface area contributed by atoms with Gasteiger partial charge in [0.05, 0.1) is 0 Å². The largest absolute Gasteiger partial charge is 0.446 e. The van der Waals surface area contributed by atoms with Crippen molar-refractivity contribution in [2.75, 3.05) is 44.2 Å². The van der Waals surface area contributed by atoms with Gasteiger partial charge in [0.2, 0.25) is 5.95 Å². The molecule has 0 N–H and O–H groups in total. The second-order valence-electron chi connectivity index (χ2n) is 9.12. The number of alkyl halides is 2. The predicted molar refractivity (Wildman–Crippen MR) is 121 cm³/mol. The van der Waals surface area contributed by atoms with Gasteiger partial charge in [-0.15, -0.1) is 0 Å². The minimum Gasteiger partial charge on any atom is -0.446 e. The Bertz CT molecular complexity index is 943. The fraction of sp³-hybridized carbons (Fsp3) is 0.522. The van der Waals surface area contributed by atoms with Crippen LogP contribution in [0.25, 0.3) is 0 Å². The lowest BCUT2D eigenvalue weighted by Crippen LogP contribution is -2.64. The number of hydrogen-bond donors (Lipinski definition) is 0. The number of rotatable bonds is 6. The van der Waals surface area contributed by atoms with Crippen LogP contribution in [-0.2, 0) is 11.3 Å². The molecule has 1 aliphatic carbocycles. The van der Waals surface area contributed by atoms with Crippen molar-refractivity contribution in [3.8, 4) is 0 Å². The van der Waals surface area contributed by atoms with Crippen LogP contribution < -0.4 is 4.90 Å². The van der Waals surface area contributed by atoms with Crippen molar-refractivity contribution in [3.05, 3.63) is 48.3 Å². The maximum atomic E-state index is 12.6. The molecule has 7 nitrogen and oxygen atoms in total. The van der Waals surface area contributed by atoms with Gasteiger partial charge in [-0.2, -0.15) is 8.78 Å². The molecule has 176 valence electrons. The van der Waals surface area contributed by atoms with E-state index in [2.05, 4.69) is 39.1 Å². The highest BCUT2D eigenvalue weighted by Crippen LogP contribution is 2.50. The number of aromatic nitrogens is 2. The van der Waals surface area contributed by atoms with Crippen LogP contribution in [0.4, 0.5) is 19.5 Å². The molecule has 0 bridgehead atoms. The monoisotopic (exact) mass is 475 g/mol. The minimum absolute atomic E-state index is 0.0117. The number of piperazine rings is 1. The summed E-state index contributed by atoms with van der Waals surface area (Å²) in [5, 5.41) is 0. The first-order chi connectivity index (χ1) is 16.0. The number of nitrogens with zero attached hydrogens (tertiary/aromatic N) is 5. The number of anilines is 1. The number of carbonyl (C=O) groups is 1. The van der Waals surface area contributed by atoms with Gasteiger partial charge >= 0.3 is 6.09 Å². The van der Waals surface area contributed by atoms with Gasteiger partial charge in [-0.1, -0.05) is 42.1 Å². The molecule has 2 aromatic rings. The average Bonchev–Trinajstić information content (AvgIpc) is 2.77. The number of likely N-dealkylation sites (tertiary alicyclic amines) is 1. The van der Waals surface area contributed by atoms with E-state index >= 15 is 0 Å². The average molecular weight is 476 g/mol. The third kappa shape index (κ3) is 5.22. The number of hydrogen-bond acceptors (Lipinski definition) is 7. The van der Waals surface area contributed by atoms with E-state index in [1.165, 1.54) is 18.0 Å². The fourth-order valence-corrected chi connectivity index (χ4v) is 5.48. The number of carbonyl (C=O) groups excluding carboxylic acids is 1. The summed E-state index contributed by atoms with van der Waals surface area (Å²) in [6.45, 7) is 5.34. The molecular formula is C23H27F2N5O2S. The van der Waals surface area contributed by atoms with Crippen LogP contribution in [0.5, 0.6) is 0 Å². The van der Waals surface area contributed by atoms with Crippen LogP contribution in [0.2, 0.25) is 0 Å². The van der Waals surface area contributed by atoms with E-state index in [4.69, 9.17) is 4.74 Å². The lowest BCUT2D eigenvalue weighted by atomic mass is 9.61. The Labute approximate surface area is 196 Å². The molecule has 3 heterocycles. The summed E-state index contributed by atoms with van der Waals surface area (Å²) in [5.41, 5.74) is 1.66. The Hall–Kier alpha value is -2.46. The normalized spacial score (nSPS) is 20.6. The molecule has 1 spiro atoms. The molecule has 0 radical (unpaired) electrons. The predicted octanol–water partition coefficient (Wildman–Crippen LogP) is 3.71. The number of benzene rings is 1. The summed E-state index contributed by atoms with van der Waals surface area (Å²) in [5.74, 6) is -2.00. The van der Waals surface area contributed by atoms with Gasteiger partial charge in [0.1, 0.15) is 6.10 Å². The number of amides is 1. The van der Waals surface area contributed by atoms with Crippen molar-refractivity contribution in [2.45, 2.75) is 36.1 Å². The van der Waals surface area contributed by atoms with Crippen LogP contribution in [0.15, 0.2) is 47.6 Å². The SMILES string of the molecule is O=C(OC1CC2(C1)CN(Cc1ccccc1)C2)N1CCN(c2ncc(SC(F)F)cn2)CC1. The number of ether oxygens (including phenoxy) is 1. The fourth-order valence-electron chi connectivity index (χ4n) is 5.05. The Balaban J connectivity index is 1.01. The van der Waals surface area contributed by atoms with E-state index in [9.17, 15) is 13.6 Å². The van der Waals surface area contributed by atoms with Crippen molar-refractivity contribution >= 4 is 23.8 Å². The molecule has 1 aromatic heterocycles. The van der Waals surface area contributed by atoms with Crippen molar-refractivity contribution in [1.82, 2.24) is 19.8 Å². The summed E-state index contributed by atoms with van der Waals surface area (Å²) >= 11 is 0.428. The first kappa shape index (κ1) is 22.3. The third-order valence-corrected chi connectivity index (χ3v) is 7.28. The quantitative estimate of drug-likeness (QED) is 0.590.